The van der Waals surface area contributed by atoms with Crippen LogP contribution in [0.25, 0.3) is 0 Å². The average Bonchev–Trinajstić information content (AvgIpc) is 2.25. The summed E-state index contributed by atoms with van der Waals surface area (Å²) in [6, 6.07) is 0. The first kappa shape index (κ1) is 20.8. The monoisotopic (exact) mass is 360 g/mol. The number of unbranched alkanes of at least 4 members (excludes halogenated alkanes) is 10. The van der Waals surface area contributed by atoms with E-state index in [4.69, 9.17) is 0 Å². The molecule has 0 radical (unpaired) electrons. The summed E-state index contributed by atoms with van der Waals surface area (Å²) in [5.74, 6) is -0.907. The molecule has 3 heteroatoms. The van der Waals surface area contributed by atoms with Crippen molar-refractivity contribution in [3.8, 4) is 0 Å². The second-order valence-electron chi connectivity index (χ2n) is 4.66. The van der Waals surface area contributed by atoms with Crippen LogP contribution in [0, 0.1) is 0 Å². The van der Waals surface area contributed by atoms with Crippen LogP contribution < -0.4 is 74.0 Å². The van der Waals surface area contributed by atoms with Gasteiger partial charge >= 0.3 is 68.9 Å². The molecule has 0 fully saturated rings. The Kier molecular flexibility index (Phi) is 21.5. The fourth-order valence-electron chi connectivity index (χ4n) is 1.93. The molecule has 0 amide bonds. The minimum Gasteiger partial charge on any atom is -0.550 e. The molecule has 0 aliphatic rings. The predicted octanol–water partition coefficient (Wildman–Crippen LogP) is 0.441. The third-order valence-electron chi connectivity index (χ3n) is 2.98. The van der Waals surface area contributed by atoms with Crippen molar-refractivity contribution in [2.75, 3.05) is 0 Å². The zero-order valence-corrected chi connectivity index (χ0v) is 18.1. The summed E-state index contributed by atoms with van der Waals surface area (Å²) < 4.78 is 0. The molecule has 0 heterocycles. The Morgan fingerprint density at radius 1 is 0.765 bits per heavy atom. The van der Waals surface area contributed by atoms with Gasteiger partial charge in [-0.1, -0.05) is 71.1 Å². The van der Waals surface area contributed by atoms with E-state index in [-0.39, 0.29) is 75.3 Å². The molecule has 0 bridgehead atoms. The molecule has 0 saturated carbocycles. The van der Waals surface area contributed by atoms with Gasteiger partial charge in [0.15, 0.2) is 0 Å². The number of carboxylic acid groups (broad SMARTS) is 1. The van der Waals surface area contributed by atoms with E-state index in [0.717, 1.165) is 12.8 Å². The SMILES string of the molecule is CCCCCCCCCCCCCC(=O)[O-].[Cs+]. The van der Waals surface area contributed by atoms with Crippen LogP contribution in [-0.2, 0) is 4.79 Å². The van der Waals surface area contributed by atoms with Gasteiger partial charge in [-0.15, -0.1) is 0 Å². The quantitative estimate of drug-likeness (QED) is 0.474. The van der Waals surface area contributed by atoms with Crippen LogP contribution in [0.1, 0.15) is 84.0 Å². The van der Waals surface area contributed by atoms with Gasteiger partial charge in [-0.05, 0) is 12.8 Å². The van der Waals surface area contributed by atoms with E-state index in [2.05, 4.69) is 6.92 Å². The molecule has 0 aliphatic carbocycles. The van der Waals surface area contributed by atoms with Gasteiger partial charge in [0, 0.05) is 5.97 Å². The van der Waals surface area contributed by atoms with Crippen molar-refractivity contribution in [1.82, 2.24) is 0 Å². The second-order valence-corrected chi connectivity index (χ2v) is 4.66. The molecule has 0 unspecified atom stereocenters. The number of carbonyl (C=O) groups is 1. The molecular weight excluding hydrogens is 333 g/mol. The molecule has 0 aromatic rings. The van der Waals surface area contributed by atoms with Crippen molar-refractivity contribution in [2.24, 2.45) is 0 Å². The number of carboxylic acids is 1. The molecule has 0 aromatic heterocycles. The Hall–Kier alpha value is 1.52. The normalized spacial score (nSPS) is 9.94. The summed E-state index contributed by atoms with van der Waals surface area (Å²) in [6.45, 7) is 2.24. The van der Waals surface area contributed by atoms with Crippen LogP contribution in [0.2, 0.25) is 0 Å². The Morgan fingerprint density at radius 2 is 1.12 bits per heavy atom. The topological polar surface area (TPSA) is 40.1 Å². The smallest absolute Gasteiger partial charge is 0.550 e. The van der Waals surface area contributed by atoms with E-state index in [1.54, 1.807) is 0 Å². The number of rotatable bonds is 12. The molecule has 0 saturated heterocycles. The molecule has 17 heavy (non-hydrogen) atoms. The maximum atomic E-state index is 10.1. The fourth-order valence-corrected chi connectivity index (χ4v) is 1.93. The zero-order chi connectivity index (χ0) is 12.1. The molecular formula is C14H27CsO2. The maximum absolute atomic E-state index is 10.1. The zero-order valence-electron chi connectivity index (χ0n) is 11.8. The first-order valence-electron chi connectivity index (χ1n) is 6.97. The minimum atomic E-state index is -0.907. The molecule has 0 aliphatic heterocycles. The van der Waals surface area contributed by atoms with Crippen molar-refractivity contribution >= 4 is 5.97 Å². The molecule has 0 spiro atoms. The molecule has 2 nitrogen and oxygen atoms in total. The van der Waals surface area contributed by atoms with E-state index < -0.39 is 5.97 Å². The summed E-state index contributed by atoms with van der Waals surface area (Å²) in [5.41, 5.74) is 0. The minimum absolute atomic E-state index is 0. The summed E-state index contributed by atoms with van der Waals surface area (Å²) >= 11 is 0. The summed E-state index contributed by atoms with van der Waals surface area (Å²) in [6.07, 6.45) is 14.0. The van der Waals surface area contributed by atoms with Crippen molar-refractivity contribution in [1.29, 1.82) is 0 Å². The van der Waals surface area contributed by atoms with Crippen LogP contribution in [0.5, 0.6) is 0 Å². The van der Waals surface area contributed by atoms with Gasteiger partial charge in [-0.2, -0.15) is 0 Å². The third kappa shape index (κ3) is 20.0. The number of carbonyl (C=O) groups excluding carboxylic acids is 1. The van der Waals surface area contributed by atoms with Gasteiger partial charge in [0.05, 0.1) is 0 Å². The van der Waals surface area contributed by atoms with Crippen LogP contribution in [-0.4, -0.2) is 5.97 Å². The first-order valence-corrected chi connectivity index (χ1v) is 6.97. The largest absolute Gasteiger partial charge is 1.00 e. The van der Waals surface area contributed by atoms with Gasteiger partial charge in [0.25, 0.3) is 0 Å². The average molecular weight is 360 g/mol. The van der Waals surface area contributed by atoms with Crippen LogP contribution in [0.3, 0.4) is 0 Å². The van der Waals surface area contributed by atoms with Crippen LogP contribution in [0.15, 0.2) is 0 Å². The van der Waals surface area contributed by atoms with Crippen LogP contribution in [0.4, 0.5) is 0 Å². The van der Waals surface area contributed by atoms with Gasteiger partial charge < -0.3 is 9.90 Å². The first-order chi connectivity index (χ1) is 7.77. The van der Waals surface area contributed by atoms with Crippen LogP contribution >= 0.6 is 0 Å². The predicted molar refractivity (Wildman–Crippen MR) is 66.1 cm³/mol. The van der Waals surface area contributed by atoms with E-state index in [1.165, 1.54) is 57.8 Å². The van der Waals surface area contributed by atoms with Gasteiger partial charge in [-0.3, -0.25) is 0 Å². The van der Waals surface area contributed by atoms with E-state index in [0.29, 0.717) is 0 Å². The summed E-state index contributed by atoms with van der Waals surface area (Å²) in [4.78, 5) is 10.1. The Labute approximate surface area is 166 Å². The van der Waals surface area contributed by atoms with Gasteiger partial charge in [0.1, 0.15) is 0 Å². The molecule has 0 rings (SSSR count). The van der Waals surface area contributed by atoms with Crippen molar-refractivity contribution in [3.63, 3.8) is 0 Å². The van der Waals surface area contributed by atoms with E-state index in [9.17, 15) is 9.90 Å². The van der Waals surface area contributed by atoms with Crippen molar-refractivity contribution < 1.29 is 78.8 Å². The van der Waals surface area contributed by atoms with E-state index >= 15 is 0 Å². The standard InChI is InChI=1S/C14H28O2.Cs/c1-2-3-4-5-6-7-8-9-10-11-12-13-14(15)16;/h2-13H2,1H3,(H,15,16);/q;+1/p-1. The number of hydrogen-bond donors (Lipinski definition) is 0. The molecule has 96 valence electrons. The molecule has 0 aromatic carbocycles. The van der Waals surface area contributed by atoms with Crippen molar-refractivity contribution in [2.45, 2.75) is 84.0 Å². The Bertz CT molecular complexity index is 160. The van der Waals surface area contributed by atoms with E-state index in [1.807, 2.05) is 0 Å². The number of hydrogen-bond acceptors (Lipinski definition) is 2. The van der Waals surface area contributed by atoms with Gasteiger partial charge in [-0.25, -0.2) is 0 Å². The second kappa shape index (κ2) is 17.5. The third-order valence-corrected chi connectivity index (χ3v) is 2.98. The molecule has 0 N–H and O–H groups in total. The van der Waals surface area contributed by atoms with Gasteiger partial charge in [0.2, 0.25) is 0 Å². The summed E-state index contributed by atoms with van der Waals surface area (Å²) in [5, 5.41) is 10.1. The summed E-state index contributed by atoms with van der Waals surface area (Å²) in [7, 11) is 0. The maximum Gasteiger partial charge on any atom is 1.00 e. The fraction of sp³-hybridized carbons (Fsp3) is 0.929. The Balaban J connectivity index is 0. The molecule has 0 atom stereocenters. The number of aliphatic carboxylic acids is 1. The Morgan fingerprint density at radius 3 is 1.47 bits per heavy atom. The van der Waals surface area contributed by atoms with Crippen molar-refractivity contribution in [3.05, 3.63) is 0 Å².